The summed E-state index contributed by atoms with van der Waals surface area (Å²) in [5.41, 5.74) is 1.82. The molecule has 2 heteroatoms. The Balaban J connectivity index is 1.61. The van der Waals surface area contributed by atoms with Crippen LogP contribution in [-0.4, -0.2) is 24.1 Å². The number of hydrogen-bond acceptors (Lipinski definition) is 2. The monoisotopic (exact) mass is 281 g/mol. The van der Waals surface area contributed by atoms with Crippen molar-refractivity contribution in [2.75, 3.05) is 18.6 Å². The van der Waals surface area contributed by atoms with Crippen LogP contribution >= 0.6 is 11.8 Å². The molecule has 19 heavy (non-hydrogen) atoms. The van der Waals surface area contributed by atoms with Gasteiger partial charge in [-0.15, -0.1) is 0 Å². The largest absolute Gasteiger partial charge is 0.311 e. The first kappa shape index (κ1) is 14.3. The standard InChI is InChI=1S/C17H31NS/c1-15-8-14-9-16(2,11-15)13-17(10-14,12-15)18-6-4-5-7-19-3/h14,18H,4-13H2,1-3H3. The molecule has 4 rings (SSSR count). The maximum absolute atomic E-state index is 4.03. The number of unbranched alkanes of at least 4 members (excludes halogenated alkanes) is 1. The average molecular weight is 282 g/mol. The van der Waals surface area contributed by atoms with Gasteiger partial charge in [0, 0.05) is 5.54 Å². The Morgan fingerprint density at radius 2 is 1.68 bits per heavy atom. The maximum atomic E-state index is 4.03. The summed E-state index contributed by atoms with van der Waals surface area (Å²) < 4.78 is 0. The molecule has 0 radical (unpaired) electrons. The molecular weight excluding hydrogens is 250 g/mol. The van der Waals surface area contributed by atoms with E-state index < -0.39 is 0 Å². The average Bonchev–Trinajstić information content (AvgIpc) is 2.23. The number of nitrogens with one attached hydrogen (secondary N) is 1. The molecule has 4 aliphatic rings. The van der Waals surface area contributed by atoms with Crippen LogP contribution in [0.5, 0.6) is 0 Å². The van der Waals surface area contributed by atoms with E-state index in [-0.39, 0.29) is 0 Å². The topological polar surface area (TPSA) is 12.0 Å². The lowest BCUT2D eigenvalue weighted by Crippen LogP contribution is -2.64. The van der Waals surface area contributed by atoms with Gasteiger partial charge in [0.2, 0.25) is 0 Å². The summed E-state index contributed by atoms with van der Waals surface area (Å²) in [5, 5.41) is 4.03. The number of thioether (sulfide) groups is 1. The molecule has 2 unspecified atom stereocenters. The van der Waals surface area contributed by atoms with Gasteiger partial charge in [-0.1, -0.05) is 13.8 Å². The minimum atomic E-state index is 0.516. The first-order valence-electron chi connectivity index (χ1n) is 8.21. The summed E-state index contributed by atoms with van der Waals surface area (Å²) in [6, 6.07) is 0. The predicted molar refractivity (Wildman–Crippen MR) is 85.8 cm³/mol. The highest BCUT2D eigenvalue weighted by molar-refractivity contribution is 7.98. The summed E-state index contributed by atoms with van der Waals surface area (Å²) in [6.45, 7) is 6.39. The molecule has 0 amide bonds. The third-order valence-electron chi connectivity index (χ3n) is 5.90. The molecule has 110 valence electrons. The smallest absolute Gasteiger partial charge is 0.0194 e. The van der Waals surface area contributed by atoms with Crippen LogP contribution in [-0.2, 0) is 0 Å². The molecule has 4 aliphatic carbocycles. The van der Waals surface area contributed by atoms with E-state index in [1.165, 1.54) is 63.7 Å². The number of hydrogen-bond donors (Lipinski definition) is 1. The van der Waals surface area contributed by atoms with Gasteiger partial charge >= 0.3 is 0 Å². The van der Waals surface area contributed by atoms with Crippen molar-refractivity contribution in [1.29, 1.82) is 0 Å². The summed E-state index contributed by atoms with van der Waals surface area (Å²) >= 11 is 1.98. The second-order valence-electron chi connectivity index (χ2n) is 8.54. The van der Waals surface area contributed by atoms with Crippen LogP contribution < -0.4 is 5.32 Å². The van der Waals surface area contributed by atoms with Crippen LogP contribution in [0.2, 0.25) is 0 Å². The van der Waals surface area contributed by atoms with Gasteiger partial charge in [0.1, 0.15) is 0 Å². The fourth-order valence-corrected chi connectivity index (χ4v) is 6.86. The minimum Gasteiger partial charge on any atom is -0.311 e. The van der Waals surface area contributed by atoms with E-state index in [0.717, 1.165) is 5.92 Å². The third kappa shape index (κ3) is 2.85. The Kier molecular flexibility index (Phi) is 3.71. The molecule has 2 atom stereocenters. The van der Waals surface area contributed by atoms with E-state index in [4.69, 9.17) is 0 Å². The molecule has 0 aromatic carbocycles. The molecule has 1 nitrogen and oxygen atoms in total. The van der Waals surface area contributed by atoms with Crippen LogP contribution in [0.15, 0.2) is 0 Å². The number of rotatable bonds is 6. The lowest BCUT2D eigenvalue weighted by Gasteiger charge is -2.65. The highest BCUT2D eigenvalue weighted by atomic mass is 32.2. The van der Waals surface area contributed by atoms with Gasteiger partial charge < -0.3 is 5.32 Å². The van der Waals surface area contributed by atoms with Crippen molar-refractivity contribution in [3.05, 3.63) is 0 Å². The second-order valence-corrected chi connectivity index (χ2v) is 9.52. The summed E-state index contributed by atoms with van der Waals surface area (Å²) in [5.74, 6) is 2.34. The van der Waals surface area contributed by atoms with Gasteiger partial charge in [0.05, 0.1) is 0 Å². The maximum Gasteiger partial charge on any atom is 0.0194 e. The lowest BCUT2D eigenvalue weighted by molar-refractivity contribution is -0.117. The van der Waals surface area contributed by atoms with E-state index in [1.54, 1.807) is 0 Å². The normalized spacial score (nSPS) is 47.8. The van der Waals surface area contributed by atoms with E-state index in [9.17, 15) is 0 Å². The van der Waals surface area contributed by atoms with Gasteiger partial charge in [0.15, 0.2) is 0 Å². The SMILES string of the molecule is CSCCCCNC12CC3CC(C)(CC(C)(C3)C1)C2. The van der Waals surface area contributed by atoms with Crippen molar-refractivity contribution in [2.45, 2.75) is 70.8 Å². The Hall–Kier alpha value is 0.310. The molecule has 4 bridgehead atoms. The highest BCUT2D eigenvalue weighted by Gasteiger charge is 2.59. The zero-order chi connectivity index (χ0) is 13.6. The van der Waals surface area contributed by atoms with Crippen LogP contribution in [0, 0.1) is 16.7 Å². The molecule has 0 aromatic rings. The molecule has 4 saturated carbocycles. The van der Waals surface area contributed by atoms with Gasteiger partial charge in [-0.05, 0) is 86.7 Å². The van der Waals surface area contributed by atoms with E-state index in [1.807, 2.05) is 11.8 Å². The van der Waals surface area contributed by atoms with Crippen molar-refractivity contribution in [1.82, 2.24) is 5.32 Å². The first-order valence-corrected chi connectivity index (χ1v) is 9.60. The predicted octanol–water partition coefficient (Wildman–Crippen LogP) is 4.47. The van der Waals surface area contributed by atoms with Crippen molar-refractivity contribution in [3.8, 4) is 0 Å². The Labute approximate surface area is 123 Å². The third-order valence-corrected chi connectivity index (χ3v) is 6.60. The highest BCUT2D eigenvalue weighted by Crippen LogP contribution is 2.66. The molecule has 0 spiro atoms. The Morgan fingerprint density at radius 3 is 2.26 bits per heavy atom. The molecule has 0 saturated heterocycles. The van der Waals surface area contributed by atoms with Gasteiger partial charge in [-0.2, -0.15) is 11.8 Å². The second kappa shape index (κ2) is 4.94. The molecule has 0 aromatic heterocycles. The molecule has 0 heterocycles. The van der Waals surface area contributed by atoms with Crippen molar-refractivity contribution >= 4 is 11.8 Å². The van der Waals surface area contributed by atoms with Crippen LogP contribution in [0.4, 0.5) is 0 Å². The fraction of sp³-hybridized carbons (Fsp3) is 1.00. The molecule has 1 N–H and O–H groups in total. The van der Waals surface area contributed by atoms with Gasteiger partial charge in [0.25, 0.3) is 0 Å². The van der Waals surface area contributed by atoms with Crippen molar-refractivity contribution in [3.63, 3.8) is 0 Å². The van der Waals surface area contributed by atoms with E-state index >= 15 is 0 Å². The molecule has 0 aliphatic heterocycles. The Morgan fingerprint density at radius 1 is 1.00 bits per heavy atom. The Bertz CT molecular complexity index is 322. The lowest BCUT2D eigenvalue weighted by atomic mass is 9.43. The van der Waals surface area contributed by atoms with E-state index in [2.05, 4.69) is 25.4 Å². The van der Waals surface area contributed by atoms with Crippen LogP contribution in [0.3, 0.4) is 0 Å². The zero-order valence-corrected chi connectivity index (χ0v) is 13.9. The zero-order valence-electron chi connectivity index (χ0n) is 13.1. The van der Waals surface area contributed by atoms with Gasteiger partial charge in [-0.3, -0.25) is 0 Å². The molecular formula is C17H31NS. The quantitative estimate of drug-likeness (QED) is 0.721. The van der Waals surface area contributed by atoms with Crippen LogP contribution in [0.25, 0.3) is 0 Å². The summed E-state index contributed by atoms with van der Waals surface area (Å²) in [6.07, 6.45) is 13.9. The van der Waals surface area contributed by atoms with Crippen molar-refractivity contribution < 1.29 is 0 Å². The first-order chi connectivity index (χ1) is 8.97. The van der Waals surface area contributed by atoms with E-state index in [0.29, 0.717) is 16.4 Å². The van der Waals surface area contributed by atoms with Crippen LogP contribution in [0.1, 0.15) is 65.2 Å². The summed E-state index contributed by atoms with van der Waals surface area (Å²) in [4.78, 5) is 0. The minimum absolute atomic E-state index is 0.516. The molecule has 4 fully saturated rings. The van der Waals surface area contributed by atoms with Gasteiger partial charge in [-0.25, -0.2) is 0 Å². The van der Waals surface area contributed by atoms with Crippen molar-refractivity contribution in [2.24, 2.45) is 16.7 Å². The fourth-order valence-electron chi connectivity index (χ4n) is 6.37. The summed E-state index contributed by atoms with van der Waals surface area (Å²) in [7, 11) is 0.